The van der Waals surface area contributed by atoms with E-state index in [1.807, 2.05) is 0 Å². The summed E-state index contributed by atoms with van der Waals surface area (Å²) in [7, 11) is 0. The molecule has 0 saturated heterocycles. The second kappa shape index (κ2) is 5.08. The Bertz CT molecular complexity index is 412. The molecule has 1 aromatic carbocycles. The van der Waals surface area contributed by atoms with E-state index < -0.39 is 0 Å². The Kier molecular flexibility index (Phi) is 3.52. The van der Waals surface area contributed by atoms with Gasteiger partial charge in [0.05, 0.1) is 5.69 Å². The second-order valence-corrected chi connectivity index (χ2v) is 4.58. The molecule has 92 valence electrons. The first kappa shape index (κ1) is 11.8. The lowest BCUT2D eigenvalue weighted by molar-refractivity contribution is 0.0928. The molecule has 1 saturated carbocycles. The number of carbonyl (C=O) groups excluding carboxylic acids is 1. The Morgan fingerprint density at radius 1 is 1.29 bits per heavy atom. The van der Waals surface area contributed by atoms with E-state index in [0.717, 1.165) is 12.8 Å². The zero-order valence-electron chi connectivity index (χ0n) is 9.78. The van der Waals surface area contributed by atoms with E-state index in [9.17, 15) is 9.90 Å². The zero-order valence-corrected chi connectivity index (χ0v) is 9.78. The van der Waals surface area contributed by atoms with Crippen LogP contribution in [0.1, 0.15) is 42.5 Å². The highest BCUT2D eigenvalue weighted by atomic mass is 16.3. The molecule has 4 nitrogen and oxygen atoms in total. The van der Waals surface area contributed by atoms with Crippen LogP contribution in [0, 0.1) is 0 Å². The van der Waals surface area contributed by atoms with Crippen molar-refractivity contribution >= 4 is 11.6 Å². The number of amides is 1. The minimum Gasteiger partial charge on any atom is -0.506 e. The van der Waals surface area contributed by atoms with Crippen molar-refractivity contribution in [1.82, 2.24) is 5.32 Å². The van der Waals surface area contributed by atoms with E-state index in [0.29, 0.717) is 5.56 Å². The molecule has 0 spiro atoms. The predicted molar refractivity (Wildman–Crippen MR) is 66.9 cm³/mol. The molecule has 1 aliphatic carbocycles. The number of benzene rings is 1. The number of phenols is 1. The summed E-state index contributed by atoms with van der Waals surface area (Å²) in [5, 5.41) is 12.3. The van der Waals surface area contributed by atoms with Crippen LogP contribution in [0.4, 0.5) is 5.69 Å². The zero-order chi connectivity index (χ0) is 12.3. The molecule has 0 radical (unpaired) electrons. The second-order valence-electron chi connectivity index (χ2n) is 4.58. The number of phenolic OH excluding ortho intramolecular Hbond substituents is 1. The minimum atomic E-state index is -0.108. The number of carbonyl (C=O) groups is 1. The lowest BCUT2D eigenvalue weighted by Gasteiger charge is -2.22. The van der Waals surface area contributed by atoms with Crippen molar-refractivity contribution in [2.24, 2.45) is 0 Å². The van der Waals surface area contributed by atoms with Crippen molar-refractivity contribution < 1.29 is 9.90 Å². The molecule has 0 aliphatic heterocycles. The molecule has 0 unspecified atom stereocenters. The smallest absolute Gasteiger partial charge is 0.251 e. The third kappa shape index (κ3) is 2.90. The van der Waals surface area contributed by atoms with Gasteiger partial charge in [-0.2, -0.15) is 0 Å². The van der Waals surface area contributed by atoms with Crippen molar-refractivity contribution in [3.8, 4) is 5.75 Å². The van der Waals surface area contributed by atoms with E-state index >= 15 is 0 Å². The molecule has 4 heteroatoms. The number of rotatable bonds is 2. The Hall–Kier alpha value is -1.71. The van der Waals surface area contributed by atoms with Crippen LogP contribution in [-0.4, -0.2) is 17.1 Å². The Labute approximate surface area is 101 Å². The maximum atomic E-state index is 11.9. The number of anilines is 1. The van der Waals surface area contributed by atoms with E-state index in [4.69, 9.17) is 5.73 Å². The van der Waals surface area contributed by atoms with Gasteiger partial charge in [0.1, 0.15) is 5.75 Å². The first-order chi connectivity index (χ1) is 8.16. The number of nitrogens with one attached hydrogen (secondary N) is 1. The van der Waals surface area contributed by atoms with Gasteiger partial charge < -0.3 is 16.2 Å². The average molecular weight is 234 g/mol. The van der Waals surface area contributed by atoms with Crippen molar-refractivity contribution in [2.45, 2.75) is 38.1 Å². The number of nitrogen functional groups attached to an aromatic ring is 1. The van der Waals surface area contributed by atoms with Crippen LogP contribution in [0.3, 0.4) is 0 Å². The van der Waals surface area contributed by atoms with Gasteiger partial charge in [0, 0.05) is 11.6 Å². The van der Waals surface area contributed by atoms with Gasteiger partial charge in [-0.15, -0.1) is 0 Å². The van der Waals surface area contributed by atoms with Crippen LogP contribution >= 0.6 is 0 Å². The largest absolute Gasteiger partial charge is 0.506 e. The SMILES string of the molecule is Nc1cc(C(=O)NC2CCCCC2)ccc1O. The van der Waals surface area contributed by atoms with Gasteiger partial charge in [-0.1, -0.05) is 19.3 Å². The van der Waals surface area contributed by atoms with Crippen LogP contribution in [0.2, 0.25) is 0 Å². The summed E-state index contributed by atoms with van der Waals surface area (Å²) in [5.74, 6) is -0.0946. The molecule has 1 amide bonds. The van der Waals surface area contributed by atoms with E-state index in [1.165, 1.54) is 31.4 Å². The highest BCUT2D eigenvalue weighted by Gasteiger charge is 2.16. The molecular weight excluding hydrogens is 216 g/mol. The van der Waals surface area contributed by atoms with E-state index in [1.54, 1.807) is 6.07 Å². The summed E-state index contributed by atoms with van der Waals surface area (Å²) in [5.41, 5.74) is 6.30. The first-order valence-corrected chi connectivity index (χ1v) is 6.06. The summed E-state index contributed by atoms with van der Waals surface area (Å²) in [6, 6.07) is 4.83. The van der Waals surface area contributed by atoms with Gasteiger partial charge >= 0.3 is 0 Å². The lowest BCUT2D eigenvalue weighted by atomic mass is 9.95. The molecule has 1 fully saturated rings. The van der Waals surface area contributed by atoms with Gasteiger partial charge in [-0.25, -0.2) is 0 Å². The maximum Gasteiger partial charge on any atom is 0.251 e. The van der Waals surface area contributed by atoms with E-state index in [-0.39, 0.29) is 23.4 Å². The Morgan fingerprint density at radius 3 is 2.65 bits per heavy atom. The van der Waals surface area contributed by atoms with Crippen LogP contribution in [-0.2, 0) is 0 Å². The fraction of sp³-hybridized carbons (Fsp3) is 0.462. The van der Waals surface area contributed by atoms with Gasteiger partial charge in [-0.05, 0) is 31.0 Å². The molecule has 0 bridgehead atoms. The third-order valence-electron chi connectivity index (χ3n) is 3.23. The first-order valence-electron chi connectivity index (χ1n) is 6.06. The number of hydrogen-bond acceptors (Lipinski definition) is 3. The summed E-state index contributed by atoms with van der Waals surface area (Å²) in [6.45, 7) is 0. The van der Waals surface area contributed by atoms with Crippen LogP contribution < -0.4 is 11.1 Å². The molecule has 0 heterocycles. The molecule has 17 heavy (non-hydrogen) atoms. The number of aromatic hydroxyl groups is 1. The summed E-state index contributed by atoms with van der Waals surface area (Å²) < 4.78 is 0. The van der Waals surface area contributed by atoms with Gasteiger partial charge in [0.2, 0.25) is 0 Å². The highest BCUT2D eigenvalue weighted by molar-refractivity contribution is 5.95. The predicted octanol–water partition coefficient (Wildman–Crippen LogP) is 2.04. The fourth-order valence-electron chi connectivity index (χ4n) is 2.21. The Morgan fingerprint density at radius 2 is 2.00 bits per heavy atom. The highest BCUT2D eigenvalue weighted by Crippen LogP contribution is 2.21. The van der Waals surface area contributed by atoms with Crippen LogP contribution in [0.15, 0.2) is 18.2 Å². The molecule has 0 aromatic heterocycles. The minimum absolute atomic E-state index is 0.0132. The fourth-order valence-corrected chi connectivity index (χ4v) is 2.21. The van der Waals surface area contributed by atoms with Crippen molar-refractivity contribution in [1.29, 1.82) is 0 Å². The van der Waals surface area contributed by atoms with Crippen molar-refractivity contribution in [2.75, 3.05) is 5.73 Å². The quantitative estimate of drug-likeness (QED) is 0.541. The summed E-state index contributed by atoms with van der Waals surface area (Å²) >= 11 is 0. The summed E-state index contributed by atoms with van der Waals surface area (Å²) in [4.78, 5) is 11.9. The molecule has 1 aliphatic rings. The van der Waals surface area contributed by atoms with E-state index in [2.05, 4.69) is 5.32 Å². The molecule has 1 aromatic rings. The molecular formula is C13H18N2O2. The van der Waals surface area contributed by atoms with Crippen molar-refractivity contribution in [3.63, 3.8) is 0 Å². The molecule has 2 rings (SSSR count). The normalized spacial score (nSPS) is 16.7. The monoisotopic (exact) mass is 234 g/mol. The topological polar surface area (TPSA) is 75.4 Å². The van der Waals surface area contributed by atoms with Crippen LogP contribution in [0.25, 0.3) is 0 Å². The standard InChI is InChI=1S/C13H18N2O2/c14-11-8-9(6-7-12(11)16)13(17)15-10-4-2-1-3-5-10/h6-8,10,16H,1-5,14H2,(H,15,17). The molecule has 0 atom stereocenters. The maximum absolute atomic E-state index is 11.9. The van der Waals surface area contributed by atoms with Gasteiger partial charge in [0.25, 0.3) is 5.91 Å². The van der Waals surface area contributed by atoms with Gasteiger partial charge in [0.15, 0.2) is 0 Å². The Balaban J connectivity index is 2.01. The summed E-state index contributed by atoms with van der Waals surface area (Å²) in [6.07, 6.45) is 5.74. The average Bonchev–Trinajstić information content (AvgIpc) is 2.34. The van der Waals surface area contributed by atoms with Gasteiger partial charge in [-0.3, -0.25) is 4.79 Å². The lowest BCUT2D eigenvalue weighted by Crippen LogP contribution is -2.36. The molecule has 4 N–H and O–H groups in total. The van der Waals surface area contributed by atoms with Crippen LogP contribution in [0.5, 0.6) is 5.75 Å². The number of hydrogen-bond donors (Lipinski definition) is 3. The number of nitrogens with two attached hydrogens (primary N) is 1. The van der Waals surface area contributed by atoms with Crippen molar-refractivity contribution in [3.05, 3.63) is 23.8 Å². The third-order valence-corrected chi connectivity index (χ3v) is 3.23.